The van der Waals surface area contributed by atoms with Crippen molar-refractivity contribution in [3.8, 4) is 17.2 Å². The van der Waals surface area contributed by atoms with Gasteiger partial charge in [0.1, 0.15) is 11.5 Å². The number of rotatable bonds is 6. The van der Waals surface area contributed by atoms with Gasteiger partial charge < -0.3 is 14.5 Å². The lowest BCUT2D eigenvalue weighted by atomic mass is 10.1. The third-order valence-electron chi connectivity index (χ3n) is 5.05. The van der Waals surface area contributed by atoms with Gasteiger partial charge in [-0.3, -0.25) is 0 Å². The Balaban J connectivity index is 1.40. The van der Waals surface area contributed by atoms with Crippen LogP contribution in [0.25, 0.3) is 11.5 Å². The first-order chi connectivity index (χ1) is 16.5. The van der Waals surface area contributed by atoms with E-state index in [1.54, 1.807) is 6.92 Å². The van der Waals surface area contributed by atoms with E-state index in [1.807, 2.05) is 24.3 Å². The van der Waals surface area contributed by atoms with Crippen LogP contribution in [0.2, 0.25) is 0 Å². The van der Waals surface area contributed by atoms with Crippen LogP contribution in [0.1, 0.15) is 22.6 Å². The molecular formula is C25H18F6N2O2. The van der Waals surface area contributed by atoms with Crippen molar-refractivity contribution in [3.63, 3.8) is 0 Å². The van der Waals surface area contributed by atoms with Crippen LogP contribution in [0.15, 0.2) is 77.2 Å². The Bertz CT molecular complexity index is 1280. The van der Waals surface area contributed by atoms with E-state index >= 15 is 0 Å². The predicted molar refractivity (Wildman–Crippen MR) is 117 cm³/mol. The first-order valence-corrected chi connectivity index (χ1v) is 10.3. The zero-order valence-corrected chi connectivity index (χ0v) is 18.2. The summed E-state index contributed by atoms with van der Waals surface area (Å²) in [6.07, 6.45) is -8.71. The van der Waals surface area contributed by atoms with Crippen LogP contribution in [0, 0.1) is 6.92 Å². The summed E-state index contributed by atoms with van der Waals surface area (Å²) in [5, 5.41) is 3.09. The Morgan fingerprint density at radius 2 is 1.37 bits per heavy atom. The van der Waals surface area contributed by atoms with Crippen molar-refractivity contribution in [2.24, 2.45) is 0 Å². The van der Waals surface area contributed by atoms with Gasteiger partial charge in [0.15, 0.2) is 0 Å². The van der Waals surface area contributed by atoms with Crippen molar-refractivity contribution in [2.75, 3.05) is 5.32 Å². The molecule has 4 aromatic rings. The molecule has 0 saturated heterocycles. The number of hydrogen-bond donors (Lipinski definition) is 1. The molecule has 0 bridgehead atoms. The lowest BCUT2D eigenvalue weighted by Gasteiger charge is -2.11. The zero-order valence-electron chi connectivity index (χ0n) is 18.2. The molecule has 0 aliphatic carbocycles. The van der Waals surface area contributed by atoms with Gasteiger partial charge in [0.2, 0.25) is 5.89 Å². The summed E-state index contributed by atoms with van der Waals surface area (Å²) >= 11 is 0. The summed E-state index contributed by atoms with van der Waals surface area (Å²) < 4.78 is 84.6. The SMILES string of the molecule is Cc1oc(-c2ccc(C(F)(F)F)cc2)nc1Cc1ccc(Nc2ccc(OC(F)(F)F)cc2)cc1. The zero-order chi connectivity index (χ0) is 25.2. The number of halogens is 6. The van der Waals surface area contributed by atoms with Gasteiger partial charge in [0, 0.05) is 23.4 Å². The summed E-state index contributed by atoms with van der Waals surface area (Å²) in [4.78, 5) is 4.44. The lowest BCUT2D eigenvalue weighted by Crippen LogP contribution is -2.16. The number of nitrogens with one attached hydrogen (secondary N) is 1. The molecule has 35 heavy (non-hydrogen) atoms. The van der Waals surface area contributed by atoms with Gasteiger partial charge in [-0.1, -0.05) is 12.1 Å². The van der Waals surface area contributed by atoms with Gasteiger partial charge >= 0.3 is 12.5 Å². The van der Waals surface area contributed by atoms with Crippen molar-refractivity contribution in [1.29, 1.82) is 0 Å². The molecule has 0 spiro atoms. The summed E-state index contributed by atoms with van der Waals surface area (Å²) in [6, 6.07) is 17.3. The molecule has 1 heterocycles. The molecule has 0 radical (unpaired) electrons. The van der Waals surface area contributed by atoms with Crippen LogP contribution in [0.5, 0.6) is 5.75 Å². The van der Waals surface area contributed by atoms with Crippen LogP contribution in [0.4, 0.5) is 37.7 Å². The van der Waals surface area contributed by atoms with Gasteiger partial charge in [-0.05, 0) is 73.2 Å². The number of hydrogen-bond acceptors (Lipinski definition) is 4. The fourth-order valence-electron chi connectivity index (χ4n) is 3.32. The second-order valence-electron chi connectivity index (χ2n) is 7.67. The largest absolute Gasteiger partial charge is 0.573 e. The maximum Gasteiger partial charge on any atom is 0.573 e. The summed E-state index contributed by atoms with van der Waals surface area (Å²) in [6.45, 7) is 1.73. The lowest BCUT2D eigenvalue weighted by molar-refractivity contribution is -0.274. The molecule has 3 aromatic carbocycles. The highest BCUT2D eigenvalue weighted by molar-refractivity contribution is 5.61. The number of anilines is 2. The van der Waals surface area contributed by atoms with Crippen molar-refractivity contribution >= 4 is 11.4 Å². The minimum absolute atomic E-state index is 0.238. The molecule has 0 fully saturated rings. The predicted octanol–water partition coefficient (Wildman–Crippen LogP) is 7.90. The van der Waals surface area contributed by atoms with Crippen molar-refractivity contribution in [3.05, 3.63) is 95.4 Å². The van der Waals surface area contributed by atoms with E-state index in [2.05, 4.69) is 15.0 Å². The monoisotopic (exact) mass is 492 g/mol. The molecule has 0 unspecified atom stereocenters. The average Bonchev–Trinajstić information content (AvgIpc) is 3.15. The number of oxazole rings is 1. The molecule has 1 aromatic heterocycles. The second kappa shape index (κ2) is 9.36. The number of nitrogens with zero attached hydrogens (tertiary/aromatic N) is 1. The number of aromatic nitrogens is 1. The maximum absolute atomic E-state index is 12.8. The van der Waals surface area contributed by atoms with E-state index in [-0.39, 0.29) is 11.6 Å². The molecule has 0 amide bonds. The Morgan fingerprint density at radius 3 is 1.91 bits per heavy atom. The average molecular weight is 492 g/mol. The van der Waals surface area contributed by atoms with Crippen molar-refractivity contribution in [1.82, 2.24) is 4.98 Å². The van der Waals surface area contributed by atoms with Crippen molar-refractivity contribution in [2.45, 2.75) is 25.9 Å². The van der Waals surface area contributed by atoms with Gasteiger partial charge in [0.05, 0.1) is 11.3 Å². The summed E-state index contributed by atoms with van der Waals surface area (Å²) in [7, 11) is 0. The van der Waals surface area contributed by atoms with Crippen LogP contribution in [-0.4, -0.2) is 11.3 Å². The molecule has 0 aliphatic rings. The highest BCUT2D eigenvalue weighted by Gasteiger charge is 2.31. The van der Waals surface area contributed by atoms with Crippen LogP contribution in [0.3, 0.4) is 0 Å². The third-order valence-corrected chi connectivity index (χ3v) is 5.05. The first-order valence-electron chi connectivity index (χ1n) is 10.3. The topological polar surface area (TPSA) is 47.3 Å². The van der Waals surface area contributed by atoms with Crippen LogP contribution in [-0.2, 0) is 12.6 Å². The van der Waals surface area contributed by atoms with Crippen LogP contribution < -0.4 is 10.1 Å². The standard InChI is InChI=1S/C25H18F6N2O2/c1-15-22(33-23(34-15)17-4-6-18(7-5-17)24(26,27)28)14-16-2-8-19(9-3-16)32-20-10-12-21(13-11-20)35-25(29,30)31/h2-13,32H,14H2,1H3. The second-order valence-corrected chi connectivity index (χ2v) is 7.67. The van der Waals surface area contributed by atoms with E-state index in [4.69, 9.17) is 4.42 Å². The summed E-state index contributed by atoms with van der Waals surface area (Å²) in [5.74, 6) is 0.489. The highest BCUT2D eigenvalue weighted by Crippen LogP contribution is 2.31. The fourth-order valence-corrected chi connectivity index (χ4v) is 3.32. The van der Waals surface area contributed by atoms with Gasteiger partial charge in [-0.2, -0.15) is 13.2 Å². The van der Waals surface area contributed by atoms with E-state index in [9.17, 15) is 26.3 Å². The van der Waals surface area contributed by atoms with E-state index in [0.717, 1.165) is 23.4 Å². The van der Waals surface area contributed by atoms with Crippen molar-refractivity contribution < 1.29 is 35.5 Å². The molecule has 4 nitrogen and oxygen atoms in total. The van der Waals surface area contributed by atoms with Gasteiger partial charge in [0.25, 0.3) is 0 Å². The van der Waals surface area contributed by atoms with E-state index in [1.165, 1.54) is 36.4 Å². The Labute approximate surface area is 196 Å². The Kier molecular flexibility index (Phi) is 6.47. The van der Waals surface area contributed by atoms with Gasteiger partial charge in [-0.15, -0.1) is 13.2 Å². The van der Waals surface area contributed by atoms with Gasteiger partial charge in [-0.25, -0.2) is 4.98 Å². The minimum Gasteiger partial charge on any atom is -0.441 e. The normalized spacial score (nSPS) is 12.0. The molecule has 4 rings (SSSR count). The molecule has 0 atom stereocenters. The fraction of sp³-hybridized carbons (Fsp3) is 0.160. The molecule has 10 heteroatoms. The molecule has 1 N–H and O–H groups in total. The third kappa shape index (κ3) is 6.34. The molecular weight excluding hydrogens is 474 g/mol. The molecule has 0 saturated carbocycles. The Hall–Kier alpha value is -3.95. The maximum atomic E-state index is 12.8. The Morgan fingerprint density at radius 1 is 0.800 bits per heavy atom. The van der Waals surface area contributed by atoms with Crippen LogP contribution >= 0.6 is 0 Å². The molecule has 182 valence electrons. The highest BCUT2D eigenvalue weighted by atomic mass is 19.4. The number of aryl methyl sites for hydroxylation is 1. The number of alkyl halides is 6. The van der Waals surface area contributed by atoms with E-state index < -0.39 is 18.1 Å². The van der Waals surface area contributed by atoms with E-state index in [0.29, 0.717) is 29.1 Å². The summed E-state index contributed by atoms with van der Waals surface area (Å²) in [5.41, 5.74) is 2.57. The minimum atomic E-state index is -4.74. The molecule has 0 aliphatic heterocycles. The number of benzene rings is 3. The number of ether oxygens (including phenoxy) is 1. The quantitative estimate of drug-likeness (QED) is 0.278. The first kappa shape index (κ1) is 24.2. The smallest absolute Gasteiger partial charge is 0.441 e.